The Morgan fingerprint density at radius 3 is 2.90 bits per heavy atom. The summed E-state index contributed by atoms with van der Waals surface area (Å²) in [7, 11) is 1.69. The van der Waals surface area contributed by atoms with Crippen LogP contribution in [0, 0.1) is 0 Å². The van der Waals surface area contributed by atoms with Gasteiger partial charge in [0.1, 0.15) is 5.75 Å². The second kappa shape index (κ2) is 10.2. The van der Waals surface area contributed by atoms with E-state index in [4.69, 9.17) is 9.73 Å². The maximum absolute atomic E-state index is 5.29. The van der Waals surface area contributed by atoms with E-state index in [-0.39, 0.29) is 0 Å². The van der Waals surface area contributed by atoms with Gasteiger partial charge in [0, 0.05) is 18.3 Å². The Hall–Kier alpha value is -2.25. The third-order valence-corrected chi connectivity index (χ3v) is 7.13. The van der Waals surface area contributed by atoms with Crippen LogP contribution >= 0.6 is 23.1 Å². The van der Waals surface area contributed by atoms with Gasteiger partial charge in [-0.3, -0.25) is 0 Å². The number of aromatic nitrogens is 1. The van der Waals surface area contributed by atoms with Gasteiger partial charge in [-0.1, -0.05) is 55.0 Å². The maximum atomic E-state index is 5.29. The van der Waals surface area contributed by atoms with Gasteiger partial charge in [0.15, 0.2) is 10.3 Å². The van der Waals surface area contributed by atoms with Gasteiger partial charge < -0.3 is 15.4 Å². The number of fused-ring (bicyclic) bond motifs is 1. The highest BCUT2D eigenvalue weighted by molar-refractivity contribution is 8.14. The van der Waals surface area contributed by atoms with Crippen LogP contribution in [-0.4, -0.2) is 35.6 Å². The van der Waals surface area contributed by atoms with Crippen LogP contribution in [0.1, 0.15) is 31.7 Å². The Morgan fingerprint density at radius 2 is 2.10 bits per heavy atom. The first-order chi connectivity index (χ1) is 14.7. The average Bonchev–Trinajstić information content (AvgIpc) is 3.39. The van der Waals surface area contributed by atoms with Crippen LogP contribution in [0.5, 0.6) is 5.75 Å². The van der Waals surface area contributed by atoms with E-state index in [1.165, 1.54) is 24.8 Å². The zero-order valence-corrected chi connectivity index (χ0v) is 19.1. The fourth-order valence-corrected chi connectivity index (χ4v) is 5.33. The van der Waals surface area contributed by atoms with Crippen molar-refractivity contribution in [2.24, 2.45) is 4.99 Å². The fraction of sp³-hybridized carbons (Fsp3) is 0.391. The Balaban J connectivity index is 1.27. The molecule has 30 heavy (non-hydrogen) atoms. The number of ether oxygens (including phenoxy) is 1. The minimum absolute atomic E-state index is 0.572. The molecule has 0 amide bonds. The summed E-state index contributed by atoms with van der Waals surface area (Å²) in [6.45, 7) is 3.09. The molecule has 2 aromatic carbocycles. The maximum Gasteiger partial charge on any atom is 0.183 e. The number of nitrogens with zero attached hydrogens (tertiary/aromatic N) is 2. The van der Waals surface area contributed by atoms with E-state index >= 15 is 0 Å². The molecular formula is C23H28N4OS2. The summed E-state index contributed by atoms with van der Waals surface area (Å²) in [5.74, 6) is 1.99. The Kier molecular flexibility index (Phi) is 7.12. The van der Waals surface area contributed by atoms with Crippen LogP contribution in [-0.2, 0) is 6.42 Å². The molecule has 1 atom stereocenters. The zero-order chi connectivity index (χ0) is 20.8. The van der Waals surface area contributed by atoms with E-state index < -0.39 is 0 Å². The number of unbranched alkanes of at least 4 members (excludes halogenated alkanes) is 1. The molecule has 4 rings (SSSR count). The number of hydrogen-bond donors (Lipinski definition) is 2. The first-order valence-electron chi connectivity index (χ1n) is 10.5. The van der Waals surface area contributed by atoms with E-state index in [1.54, 1.807) is 18.4 Å². The van der Waals surface area contributed by atoms with E-state index in [2.05, 4.69) is 46.8 Å². The molecule has 158 valence electrons. The fourth-order valence-electron chi connectivity index (χ4n) is 3.38. The molecule has 1 fully saturated rings. The van der Waals surface area contributed by atoms with Gasteiger partial charge in [0.2, 0.25) is 0 Å². The molecule has 1 aliphatic rings. The van der Waals surface area contributed by atoms with Crippen molar-refractivity contribution in [3.05, 3.63) is 48.0 Å². The second-order valence-electron chi connectivity index (χ2n) is 7.41. The summed E-state index contributed by atoms with van der Waals surface area (Å²) in [5, 5.41) is 8.99. The zero-order valence-electron chi connectivity index (χ0n) is 17.5. The lowest BCUT2D eigenvalue weighted by Crippen LogP contribution is -2.26. The van der Waals surface area contributed by atoms with Crippen LogP contribution in [0.15, 0.2) is 47.5 Å². The minimum Gasteiger partial charge on any atom is -0.497 e. The lowest BCUT2D eigenvalue weighted by atomic mass is 10.1. The van der Waals surface area contributed by atoms with Gasteiger partial charge in [-0.2, -0.15) is 0 Å². The molecule has 1 aliphatic heterocycles. The molecule has 1 aromatic heterocycles. The van der Waals surface area contributed by atoms with Crippen LogP contribution in [0.3, 0.4) is 0 Å². The van der Waals surface area contributed by atoms with Gasteiger partial charge in [-0.25, -0.2) is 9.98 Å². The summed E-state index contributed by atoms with van der Waals surface area (Å²) < 4.78 is 6.42. The van der Waals surface area contributed by atoms with E-state index in [1.807, 2.05) is 30.0 Å². The first-order valence-corrected chi connectivity index (χ1v) is 12.3. The number of benzene rings is 2. The normalized spacial score (nSPS) is 17.4. The highest BCUT2D eigenvalue weighted by Crippen LogP contribution is 2.29. The van der Waals surface area contributed by atoms with Gasteiger partial charge in [0.05, 0.1) is 23.0 Å². The van der Waals surface area contributed by atoms with Crippen molar-refractivity contribution in [2.75, 3.05) is 24.7 Å². The number of thiazole rings is 1. The van der Waals surface area contributed by atoms with Gasteiger partial charge in [0.25, 0.3) is 0 Å². The van der Waals surface area contributed by atoms with Crippen molar-refractivity contribution < 1.29 is 4.74 Å². The molecular weight excluding hydrogens is 412 g/mol. The lowest BCUT2D eigenvalue weighted by Gasteiger charge is -2.08. The van der Waals surface area contributed by atoms with Gasteiger partial charge in [-0.05, 0) is 48.7 Å². The standard InChI is InChI=1S/C23H28N4OS2/c1-3-4-5-18-15-29-23(26-18)25-17-8-6-16(7-9-17)12-13-24-22-27-20-11-10-19(28-2)14-21(20)30-22/h6-11,14,18H,3-5,12-13,15H2,1-2H3,(H,24,27)(H,25,26). The second-order valence-corrected chi connectivity index (χ2v) is 9.45. The number of aliphatic imine (C=N–C) groups is 1. The van der Waals surface area contributed by atoms with Crippen molar-refractivity contribution in [3.63, 3.8) is 0 Å². The van der Waals surface area contributed by atoms with E-state index in [0.717, 1.165) is 50.7 Å². The van der Waals surface area contributed by atoms with Crippen molar-refractivity contribution >= 4 is 49.3 Å². The summed E-state index contributed by atoms with van der Waals surface area (Å²) in [4.78, 5) is 9.40. The summed E-state index contributed by atoms with van der Waals surface area (Å²) in [5.41, 5.74) is 3.31. The monoisotopic (exact) mass is 440 g/mol. The predicted octanol–water partition coefficient (Wildman–Crippen LogP) is 5.84. The third kappa shape index (κ3) is 5.46. The summed E-state index contributed by atoms with van der Waals surface area (Å²) >= 11 is 3.49. The molecule has 0 bridgehead atoms. The molecule has 1 unspecified atom stereocenters. The number of anilines is 1. The minimum atomic E-state index is 0.572. The molecule has 2 N–H and O–H groups in total. The Bertz CT molecular complexity index is 1000. The van der Waals surface area contributed by atoms with Crippen LogP contribution in [0.25, 0.3) is 10.2 Å². The molecule has 3 aromatic rings. The Labute approximate surface area is 186 Å². The van der Waals surface area contributed by atoms with Crippen molar-refractivity contribution in [3.8, 4) is 5.75 Å². The van der Waals surface area contributed by atoms with Crippen LogP contribution in [0.4, 0.5) is 10.8 Å². The summed E-state index contributed by atoms with van der Waals surface area (Å²) in [6, 6.07) is 15.1. The quantitative estimate of drug-likeness (QED) is 0.438. The molecule has 0 spiro atoms. The Morgan fingerprint density at radius 1 is 1.23 bits per heavy atom. The smallest absolute Gasteiger partial charge is 0.183 e. The average molecular weight is 441 g/mol. The molecule has 2 heterocycles. The third-order valence-electron chi connectivity index (χ3n) is 5.11. The number of amidine groups is 1. The van der Waals surface area contributed by atoms with Gasteiger partial charge in [-0.15, -0.1) is 0 Å². The highest BCUT2D eigenvalue weighted by Gasteiger charge is 2.19. The van der Waals surface area contributed by atoms with Crippen molar-refractivity contribution in [2.45, 2.75) is 38.6 Å². The molecule has 0 saturated carbocycles. The predicted molar refractivity (Wildman–Crippen MR) is 131 cm³/mol. The largest absolute Gasteiger partial charge is 0.497 e. The first kappa shape index (κ1) is 21.0. The molecule has 7 heteroatoms. The van der Waals surface area contributed by atoms with E-state index in [9.17, 15) is 0 Å². The van der Waals surface area contributed by atoms with E-state index in [0.29, 0.717) is 6.04 Å². The number of hydrogen-bond acceptors (Lipinski definition) is 6. The SMILES string of the molecule is CCCCC1CS/C(=N\c2ccc(CCNc3nc4ccc(OC)cc4s3)cc2)N1. The van der Waals surface area contributed by atoms with Crippen molar-refractivity contribution in [1.82, 2.24) is 10.3 Å². The van der Waals surface area contributed by atoms with Crippen molar-refractivity contribution in [1.29, 1.82) is 0 Å². The topological polar surface area (TPSA) is 58.5 Å². The summed E-state index contributed by atoms with van der Waals surface area (Å²) in [6.07, 6.45) is 4.71. The highest BCUT2D eigenvalue weighted by atomic mass is 32.2. The molecule has 1 saturated heterocycles. The lowest BCUT2D eigenvalue weighted by molar-refractivity contribution is 0.415. The van der Waals surface area contributed by atoms with Crippen LogP contribution < -0.4 is 15.4 Å². The van der Waals surface area contributed by atoms with Crippen LogP contribution in [0.2, 0.25) is 0 Å². The number of rotatable bonds is 9. The molecule has 5 nitrogen and oxygen atoms in total. The molecule has 0 aliphatic carbocycles. The number of methoxy groups -OCH3 is 1. The van der Waals surface area contributed by atoms with Gasteiger partial charge >= 0.3 is 0 Å². The number of thioether (sulfide) groups is 1. The molecule has 0 radical (unpaired) electrons. The number of nitrogens with one attached hydrogen (secondary N) is 2.